The average Bonchev–Trinajstić information content (AvgIpc) is 1.89. The lowest BCUT2D eigenvalue weighted by Gasteiger charge is -2.04. The predicted octanol–water partition coefficient (Wildman–Crippen LogP) is 1.81. The summed E-state index contributed by atoms with van der Waals surface area (Å²) >= 11 is 0. The van der Waals surface area contributed by atoms with Crippen LogP contribution in [0.15, 0.2) is 36.5 Å². The van der Waals surface area contributed by atoms with Crippen LogP contribution in [-0.4, -0.2) is 0 Å². The highest BCUT2D eigenvalue weighted by Crippen LogP contribution is 2.14. The van der Waals surface area contributed by atoms with Gasteiger partial charge in [-0.05, 0) is 5.57 Å². The number of nitriles is 1. The SMILES string of the molecule is C=C1C=CC=CC1C#N. The number of hydrogen-bond donors (Lipinski definition) is 0. The van der Waals surface area contributed by atoms with Gasteiger partial charge in [-0.1, -0.05) is 30.9 Å². The van der Waals surface area contributed by atoms with Gasteiger partial charge in [0.25, 0.3) is 0 Å². The standard InChI is InChI=1S/C8H7N/c1-7-4-2-3-5-8(7)6-9/h2-5,8H,1H2. The molecule has 1 aliphatic rings. The number of hydrogen-bond acceptors (Lipinski definition) is 1. The molecule has 0 saturated carbocycles. The van der Waals surface area contributed by atoms with E-state index in [-0.39, 0.29) is 5.92 Å². The van der Waals surface area contributed by atoms with Crippen LogP contribution in [0.2, 0.25) is 0 Å². The summed E-state index contributed by atoms with van der Waals surface area (Å²) in [6.45, 7) is 3.71. The number of nitrogens with zero attached hydrogens (tertiary/aromatic N) is 1. The molecule has 1 heteroatoms. The first-order chi connectivity index (χ1) is 4.34. The zero-order chi connectivity index (χ0) is 6.69. The minimum absolute atomic E-state index is 0.102. The van der Waals surface area contributed by atoms with Crippen molar-refractivity contribution in [2.24, 2.45) is 5.92 Å². The van der Waals surface area contributed by atoms with Crippen LogP contribution in [0.1, 0.15) is 0 Å². The average molecular weight is 117 g/mol. The first kappa shape index (κ1) is 5.84. The monoisotopic (exact) mass is 117 g/mol. The molecule has 9 heavy (non-hydrogen) atoms. The van der Waals surface area contributed by atoms with Crippen LogP contribution in [0.3, 0.4) is 0 Å². The summed E-state index contributed by atoms with van der Waals surface area (Å²) in [6.07, 6.45) is 7.44. The Bertz CT molecular complexity index is 215. The normalized spacial score (nSPS) is 23.9. The van der Waals surface area contributed by atoms with Gasteiger partial charge in [-0.15, -0.1) is 0 Å². The maximum atomic E-state index is 8.47. The Labute approximate surface area is 54.6 Å². The zero-order valence-corrected chi connectivity index (χ0v) is 5.04. The van der Waals surface area contributed by atoms with Crippen LogP contribution >= 0.6 is 0 Å². The van der Waals surface area contributed by atoms with E-state index in [1.165, 1.54) is 0 Å². The lowest BCUT2D eigenvalue weighted by Crippen LogP contribution is -1.95. The van der Waals surface area contributed by atoms with Gasteiger partial charge >= 0.3 is 0 Å². The first-order valence-corrected chi connectivity index (χ1v) is 2.78. The molecule has 1 unspecified atom stereocenters. The summed E-state index contributed by atoms with van der Waals surface area (Å²) in [5, 5.41) is 8.47. The molecule has 0 aromatic rings. The summed E-state index contributed by atoms with van der Waals surface area (Å²) in [7, 11) is 0. The van der Waals surface area contributed by atoms with Crippen molar-refractivity contribution in [1.29, 1.82) is 5.26 Å². The van der Waals surface area contributed by atoms with Gasteiger partial charge in [0.2, 0.25) is 0 Å². The van der Waals surface area contributed by atoms with Crippen molar-refractivity contribution in [1.82, 2.24) is 0 Å². The van der Waals surface area contributed by atoms with Crippen molar-refractivity contribution in [3.63, 3.8) is 0 Å². The Morgan fingerprint density at radius 3 is 2.78 bits per heavy atom. The van der Waals surface area contributed by atoms with Crippen molar-refractivity contribution in [3.8, 4) is 6.07 Å². The first-order valence-electron chi connectivity index (χ1n) is 2.78. The highest BCUT2D eigenvalue weighted by molar-refractivity contribution is 5.34. The van der Waals surface area contributed by atoms with E-state index in [1.54, 1.807) is 0 Å². The summed E-state index contributed by atoms with van der Waals surface area (Å²) < 4.78 is 0. The molecule has 0 N–H and O–H groups in total. The van der Waals surface area contributed by atoms with Crippen molar-refractivity contribution < 1.29 is 0 Å². The van der Waals surface area contributed by atoms with Gasteiger partial charge in [-0.2, -0.15) is 5.26 Å². The molecule has 0 aromatic heterocycles. The summed E-state index contributed by atoms with van der Waals surface area (Å²) in [4.78, 5) is 0. The molecule has 1 atom stereocenters. The summed E-state index contributed by atoms with van der Waals surface area (Å²) in [5.41, 5.74) is 0.875. The van der Waals surface area contributed by atoms with Crippen LogP contribution in [-0.2, 0) is 0 Å². The van der Waals surface area contributed by atoms with Crippen molar-refractivity contribution >= 4 is 0 Å². The quantitative estimate of drug-likeness (QED) is 0.474. The molecule has 0 saturated heterocycles. The van der Waals surface area contributed by atoms with E-state index in [1.807, 2.05) is 24.3 Å². The number of allylic oxidation sites excluding steroid dienone is 5. The van der Waals surface area contributed by atoms with Crippen LogP contribution in [0.4, 0.5) is 0 Å². The van der Waals surface area contributed by atoms with Crippen molar-refractivity contribution in [3.05, 3.63) is 36.5 Å². The maximum absolute atomic E-state index is 8.47. The van der Waals surface area contributed by atoms with Crippen molar-refractivity contribution in [2.45, 2.75) is 0 Å². The third-order valence-electron chi connectivity index (χ3n) is 1.26. The van der Waals surface area contributed by atoms with Gasteiger partial charge in [0.15, 0.2) is 0 Å². The minimum atomic E-state index is -0.102. The minimum Gasteiger partial charge on any atom is -0.197 e. The fraction of sp³-hybridized carbons (Fsp3) is 0.125. The van der Waals surface area contributed by atoms with Crippen LogP contribution in [0.25, 0.3) is 0 Å². The second-order valence-corrected chi connectivity index (χ2v) is 1.93. The molecule has 1 nitrogen and oxygen atoms in total. The van der Waals surface area contributed by atoms with Gasteiger partial charge in [0.1, 0.15) is 0 Å². The molecule has 0 bridgehead atoms. The molecule has 0 fully saturated rings. The molecule has 0 spiro atoms. The summed E-state index contributed by atoms with van der Waals surface area (Å²) in [6, 6.07) is 2.12. The zero-order valence-electron chi connectivity index (χ0n) is 5.04. The summed E-state index contributed by atoms with van der Waals surface area (Å²) in [5.74, 6) is -0.102. The van der Waals surface area contributed by atoms with Crippen molar-refractivity contribution in [2.75, 3.05) is 0 Å². The third-order valence-corrected chi connectivity index (χ3v) is 1.26. The lowest BCUT2D eigenvalue weighted by molar-refractivity contribution is 1.02. The Balaban J connectivity index is 2.81. The van der Waals surface area contributed by atoms with E-state index in [9.17, 15) is 0 Å². The molecule has 1 aliphatic carbocycles. The molecule has 0 aliphatic heterocycles. The molecular formula is C8H7N. The third kappa shape index (κ3) is 1.09. The number of rotatable bonds is 0. The van der Waals surface area contributed by atoms with E-state index < -0.39 is 0 Å². The highest BCUT2D eigenvalue weighted by atomic mass is 14.3. The fourth-order valence-electron chi connectivity index (χ4n) is 0.708. The Hall–Kier alpha value is -1.29. The largest absolute Gasteiger partial charge is 0.197 e. The predicted molar refractivity (Wildman–Crippen MR) is 36.5 cm³/mol. The Morgan fingerprint density at radius 1 is 1.56 bits per heavy atom. The van der Waals surface area contributed by atoms with Crippen LogP contribution < -0.4 is 0 Å². The molecule has 0 heterocycles. The van der Waals surface area contributed by atoms with E-state index in [4.69, 9.17) is 5.26 Å². The van der Waals surface area contributed by atoms with Gasteiger partial charge in [0.05, 0.1) is 12.0 Å². The van der Waals surface area contributed by atoms with Crippen LogP contribution in [0.5, 0.6) is 0 Å². The second-order valence-electron chi connectivity index (χ2n) is 1.93. The Morgan fingerprint density at radius 2 is 2.33 bits per heavy atom. The molecule has 0 amide bonds. The van der Waals surface area contributed by atoms with Gasteiger partial charge in [-0.25, -0.2) is 0 Å². The van der Waals surface area contributed by atoms with Gasteiger partial charge in [-0.3, -0.25) is 0 Å². The fourth-order valence-corrected chi connectivity index (χ4v) is 0.708. The maximum Gasteiger partial charge on any atom is 0.0890 e. The Kier molecular flexibility index (Phi) is 1.51. The van der Waals surface area contributed by atoms with Gasteiger partial charge in [0, 0.05) is 0 Å². The van der Waals surface area contributed by atoms with E-state index in [0.29, 0.717) is 0 Å². The van der Waals surface area contributed by atoms with E-state index >= 15 is 0 Å². The lowest BCUT2D eigenvalue weighted by atomic mass is 9.98. The molecule has 44 valence electrons. The van der Waals surface area contributed by atoms with E-state index in [0.717, 1.165) is 5.57 Å². The van der Waals surface area contributed by atoms with E-state index in [2.05, 4.69) is 12.6 Å². The molecule has 0 aromatic carbocycles. The smallest absolute Gasteiger partial charge is 0.0890 e. The molecule has 0 radical (unpaired) electrons. The topological polar surface area (TPSA) is 23.8 Å². The van der Waals surface area contributed by atoms with Gasteiger partial charge < -0.3 is 0 Å². The molecule has 1 rings (SSSR count). The second kappa shape index (κ2) is 2.32. The molecular weight excluding hydrogens is 110 g/mol. The van der Waals surface area contributed by atoms with Crippen LogP contribution in [0, 0.1) is 17.2 Å². The highest BCUT2D eigenvalue weighted by Gasteiger charge is 2.05.